The van der Waals surface area contributed by atoms with Gasteiger partial charge in [0.15, 0.2) is 0 Å². The van der Waals surface area contributed by atoms with Crippen molar-refractivity contribution >= 4 is 15.9 Å². The number of nitrogens with one attached hydrogen (secondary N) is 1. The second-order valence-corrected chi connectivity index (χ2v) is 4.32. The molecule has 0 aliphatic carbocycles. The first-order valence-electron chi connectivity index (χ1n) is 4.82. The molecule has 1 aromatic carbocycles. The molecule has 0 aliphatic heterocycles. The molecule has 0 bridgehead atoms. The van der Waals surface area contributed by atoms with Gasteiger partial charge in [-0.1, -0.05) is 28.1 Å². The molecule has 2 nitrogen and oxygen atoms in total. The minimum absolute atomic E-state index is 0.483. The van der Waals surface area contributed by atoms with Crippen molar-refractivity contribution in [2.45, 2.75) is 19.2 Å². The van der Waals surface area contributed by atoms with Gasteiger partial charge in [0.2, 0.25) is 0 Å². The smallest absolute Gasteiger partial charge is 0.123 e. The Hall–Kier alpha value is -0.450. The molecule has 2 N–H and O–H groups in total. The predicted molar refractivity (Wildman–Crippen MR) is 62.6 cm³/mol. The third-order valence-corrected chi connectivity index (χ3v) is 2.92. The Balaban J connectivity index is 2.91. The highest BCUT2D eigenvalue weighted by Crippen LogP contribution is 2.28. The lowest BCUT2D eigenvalue weighted by Gasteiger charge is -2.13. The topological polar surface area (TPSA) is 32.3 Å². The zero-order chi connectivity index (χ0) is 11.4. The number of alkyl halides is 1. The highest BCUT2D eigenvalue weighted by atomic mass is 79.9. The van der Waals surface area contributed by atoms with Crippen LogP contribution in [0.5, 0.6) is 0 Å². The number of likely N-dealkylation sites (N-methyl/N-ethyl adjacent to an activating group) is 1. The average molecular weight is 276 g/mol. The number of hydrogen-bond acceptors (Lipinski definition) is 2. The molecule has 0 spiro atoms. The number of halogens is 2. The maximum Gasteiger partial charge on any atom is 0.123 e. The van der Waals surface area contributed by atoms with Gasteiger partial charge in [-0.2, -0.15) is 0 Å². The van der Waals surface area contributed by atoms with Crippen LogP contribution in [-0.2, 0) is 0 Å². The van der Waals surface area contributed by atoms with Gasteiger partial charge in [-0.3, -0.25) is 0 Å². The second kappa shape index (κ2) is 5.58. The molecule has 2 atom stereocenters. The van der Waals surface area contributed by atoms with E-state index in [4.69, 9.17) is 0 Å². The molecule has 1 rings (SSSR count). The van der Waals surface area contributed by atoms with Crippen LogP contribution in [0.15, 0.2) is 22.7 Å². The van der Waals surface area contributed by atoms with Crippen molar-refractivity contribution in [3.63, 3.8) is 0 Å². The van der Waals surface area contributed by atoms with Crippen LogP contribution >= 0.6 is 15.9 Å². The predicted octanol–water partition coefficient (Wildman–Crippen LogP) is 2.73. The minimum Gasteiger partial charge on any atom is -0.387 e. The van der Waals surface area contributed by atoms with Crippen LogP contribution in [0, 0.1) is 0 Å². The van der Waals surface area contributed by atoms with Crippen LogP contribution in [-0.4, -0.2) is 18.7 Å². The first-order chi connectivity index (χ1) is 7.06. The zero-order valence-corrected chi connectivity index (χ0v) is 10.4. The van der Waals surface area contributed by atoms with Crippen LogP contribution in [0.2, 0.25) is 0 Å². The van der Waals surface area contributed by atoms with Crippen LogP contribution < -0.4 is 5.32 Å². The lowest BCUT2D eigenvalue weighted by Crippen LogP contribution is -2.16. The van der Waals surface area contributed by atoms with Crippen LogP contribution in [0.25, 0.3) is 0 Å². The summed E-state index contributed by atoms with van der Waals surface area (Å²) in [6.45, 7) is 1.97. The number of aliphatic hydroxyl groups excluding tert-OH is 1. The third kappa shape index (κ3) is 3.26. The Morgan fingerprint density at radius 2 is 2.20 bits per heavy atom. The quantitative estimate of drug-likeness (QED) is 0.886. The summed E-state index contributed by atoms with van der Waals surface area (Å²) in [5, 5.41) is 12.6. The lowest BCUT2D eigenvalue weighted by atomic mass is 10.1. The summed E-state index contributed by atoms with van der Waals surface area (Å²) in [5.74, 6) is 0. The highest BCUT2D eigenvalue weighted by molar-refractivity contribution is 9.10. The van der Waals surface area contributed by atoms with Crippen molar-refractivity contribution in [2.75, 3.05) is 13.6 Å². The fourth-order valence-corrected chi connectivity index (χ4v) is 2.10. The van der Waals surface area contributed by atoms with Crippen molar-refractivity contribution in [3.8, 4) is 0 Å². The van der Waals surface area contributed by atoms with E-state index in [-0.39, 0.29) is 0 Å². The Labute approximate surface area is 97.6 Å². The molecule has 2 unspecified atom stereocenters. The Morgan fingerprint density at radius 3 is 2.67 bits per heavy atom. The number of hydrogen-bond donors (Lipinski definition) is 2. The van der Waals surface area contributed by atoms with Gasteiger partial charge in [0.25, 0.3) is 0 Å². The number of aliphatic hydroxyl groups is 1. The van der Waals surface area contributed by atoms with Gasteiger partial charge >= 0.3 is 0 Å². The van der Waals surface area contributed by atoms with E-state index in [9.17, 15) is 9.50 Å². The zero-order valence-electron chi connectivity index (χ0n) is 8.80. The summed E-state index contributed by atoms with van der Waals surface area (Å²) in [7, 11) is 1.77. The molecule has 0 heterocycles. The Bertz CT molecular complexity index is 330. The second-order valence-electron chi connectivity index (χ2n) is 3.47. The van der Waals surface area contributed by atoms with E-state index in [2.05, 4.69) is 21.2 Å². The summed E-state index contributed by atoms with van der Waals surface area (Å²) >= 11 is 3.30. The molecule has 0 amide bonds. The SMILES string of the molecule is CNCC(O)c1ccc(C(C)F)c(Br)c1. The average Bonchev–Trinajstić information content (AvgIpc) is 2.17. The molecular weight excluding hydrogens is 261 g/mol. The van der Waals surface area contributed by atoms with Crippen molar-refractivity contribution in [1.29, 1.82) is 0 Å². The van der Waals surface area contributed by atoms with E-state index < -0.39 is 12.3 Å². The molecule has 0 aliphatic rings. The standard InChI is InChI=1S/C11H15BrFNO/c1-7(13)9-4-3-8(5-10(9)12)11(15)6-14-2/h3-5,7,11,14-15H,6H2,1-2H3. The third-order valence-electron chi connectivity index (χ3n) is 2.24. The molecular formula is C11H15BrFNO. The van der Waals surface area contributed by atoms with Gasteiger partial charge < -0.3 is 10.4 Å². The number of benzene rings is 1. The van der Waals surface area contributed by atoms with Crippen molar-refractivity contribution in [1.82, 2.24) is 5.32 Å². The molecule has 0 radical (unpaired) electrons. The van der Waals surface area contributed by atoms with E-state index >= 15 is 0 Å². The van der Waals surface area contributed by atoms with E-state index in [0.717, 1.165) is 5.56 Å². The monoisotopic (exact) mass is 275 g/mol. The normalized spacial score (nSPS) is 15.0. The van der Waals surface area contributed by atoms with Gasteiger partial charge in [-0.05, 0) is 31.2 Å². The molecule has 15 heavy (non-hydrogen) atoms. The molecule has 0 aromatic heterocycles. The summed E-state index contributed by atoms with van der Waals surface area (Å²) in [4.78, 5) is 0. The molecule has 84 valence electrons. The number of rotatable bonds is 4. The van der Waals surface area contributed by atoms with Crippen LogP contribution in [0.1, 0.15) is 30.3 Å². The largest absolute Gasteiger partial charge is 0.387 e. The molecule has 0 saturated heterocycles. The first-order valence-corrected chi connectivity index (χ1v) is 5.61. The maximum atomic E-state index is 13.1. The molecule has 0 saturated carbocycles. The van der Waals surface area contributed by atoms with Crippen molar-refractivity contribution in [3.05, 3.63) is 33.8 Å². The van der Waals surface area contributed by atoms with Crippen LogP contribution in [0.3, 0.4) is 0 Å². The van der Waals surface area contributed by atoms with Gasteiger partial charge in [0.1, 0.15) is 6.17 Å². The van der Waals surface area contributed by atoms with Gasteiger partial charge in [-0.15, -0.1) is 0 Å². The maximum absolute atomic E-state index is 13.1. The van der Waals surface area contributed by atoms with E-state index in [1.54, 1.807) is 25.2 Å². The highest BCUT2D eigenvalue weighted by Gasteiger charge is 2.11. The lowest BCUT2D eigenvalue weighted by molar-refractivity contribution is 0.177. The van der Waals surface area contributed by atoms with Gasteiger partial charge in [0, 0.05) is 11.0 Å². The summed E-state index contributed by atoms with van der Waals surface area (Å²) in [6, 6.07) is 5.20. The van der Waals surface area contributed by atoms with Crippen LogP contribution in [0.4, 0.5) is 4.39 Å². The van der Waals surface area contributed by atoms with E-state index in [0.29, 0.717) is 16.6 Å². The molecule has 0 fully saturated rings. The summed E-state index contributed by atoms with van der Waals surface area (Å²) in [5.41, 5.74) is 1.39. The minimum atomic E-state index is -1.00. The van der Waals surface area contributed by atoms with E-state index in [1.807, 2.05) is 0 Å². The summed E-state index contributed by atoms with van der Waals surface area (Å²) < 4.78 is 13.8. The fraction of sp³-hybridized carbons (Fsp3) is 0.455. The van der Waals surface area contributed by atoms with Crippen molar-refractivity contribution in [2.24, 2.45) is 0 Å². The molecule has 4 heteroatoms. The van der Waals surface area contributed by atoms with Gasteiger partial charge in [0.05, 0.1) is 6.10 Å². The summed E-state index contributed by atoms with van der Waals surface area (Å²) in [6.07, 6.45) is -1.56. The van der Waals surface area contributed by atoms with Crippen molar-refractivity contribution < 1.29 is 9.50 Å². The first kappa shape index (κ1) is 12.6. The molecule has 1 aromatic rings. The Kier molecular flexibility index (Phi) is 4.70. The van der Waals surface area contributed by atoms with E-state index in [1.165, 1.54) is 6.92 Å². The van der Waals surface area contributed by atoms with Gasteiger partial charge in [-0.25, -0.2) is 4.39 Å². The Morgan fingerprint density at radius 1 is 1.53 bits per heavy atom. The fourth-order valence-electron chi connectivity index (χ4n) is 1.38.